The van der Waals surface area contributed by atoms with Crippen LogP contribution in [0, 0.1) is 11.8 Å². The van der Waals surface area contributed by atoms with Crippen molar-refractivity contribution in [1.82, 2.24) is 10.2 Å². The molecule has 5 nitrogen and oxygen atoms in total. The summed E-state index contributed by atoms with van der Waals surface area (Å²) in [5.74, 6) is 0.650. The van der Waals surface area contributed by atoms with E-state index in [0.29, 0.717) is 12.5 Å². The average Bonchev–Trinajstić information content (AvgIpc) is 2.35. The van der Waals surface area contributed by atoms with Gasteiger partial charge in [-0.1, -0.05) is 13.8 Å². The quantitative estimate of drug-likeness (QED) is 0.755. The maximum Gasteiger partial charge on any atom is 0.234 e. The van der Waals surface area contributed by atoms with Gasteiger partial charge in [0.2, 0.25) is 5.91 Å². The molecule has 0 saturated carbocycles. The van der Waals surface area contributed by atoms with Gasteiger partial charge in [-0.15, -0.1) is 0 Å². The SMILES string of the molecule is CC(=O)C(NC(=O)CN1CCC(C(C)N)CC1)C(C)C. The van der Waals surface area contributed by atoms with Crippen molar-refractivity contribution >= 4 is 11.7 Å². The minimum atomic E-state index is -0.371. The van der Waals surface area contributed by atoms with Crippen LogP contribution in [0.1, 0.15) is 40.5 Å². The Morgan fingerprint density at radius 3 is 2.20 bits per heavy atom. The molecule has 1 fully saturated rings. The van der Waals surface area contributed by atoms with Crippen molar-refractivity contribution in [2.75, 3.05) is 19.6 Å². The maximum atomic E-state index is 12.0. The first-order chi connectivity index (χ1) is 9.31. The number of ketones is 1. The van der Waals surface area contributed by atoms with Gasteiger partial charge in [0, 0.05) is 6.04 Å². The largest absolute Gasteiger partial charge is 0.345 e. The lowest BCUT2D eigenvalue weighted by molar-refractivity contribution is -0.128. The number of Topliss-reactive ketones (excluding diaryl/α,β-unsaturated/α-hetero) is 1. The first kappa shape index (κ1) is 17.1. The zero-order valence-corrected chi connectivity index (χ0v) is 13.2. The second-order valence-corrected chi connectivity index (χ2v) is 6.37. The molecule has 2 unspecified atom stereocenters. The van der Waals surface area contributed by atoms with E-state index in [4.69, 9.17) is 5.73 Å². The summed E-state index contributed by atoms with van der Waals surface area (Å²) in [6, 6.07) is -0.141. The summed E-state index contributed by atoms with van der Waals surface area (Å²) in [4.78, 5) is 25.6. The van der Waals surface area contributed by atoms with Gasteiger partial charge in [0.05, 0.1) is 12.6 Å². The molecule has 0 radical (unpaired) electrons. The lowest BCUT2D eigenvalue weighted by Gasteiger charge is -2.33. The van der Waals surface area contributed by atoms with E-state index in [-0.39, 0.29) is 29.7 Å². The van der Waals surface area contributed by atoms with Crippen LogP contribution in [0.15, 0.2) is 0 Å². The summed E-state index contributed by atoms with van der Waals surface area (Å²) < 4.78 is 0. The molecule has 0 aromatic heterocycles. The molecule has 1 aliphatic rings. The fourth-order valence-corrected chi connectivity index (χ4v) is 2.80. The molecule has 20 heavy (non-hydrogen) atoms. The summed E-state index contributed by atoms with van der Waals surface area (Å²) in [5.41, 5.74) is 5.91. The summed E-state index contributed by atoms with van der Waals surface area (Å²) in [7, 11) is 0. The van der Waals surface area contributed by atoms with E-state index < -0.39 is 0 Å². The van der Waals surface area contributed by atoms with Crippen LogP contribution in [0.3, 0.4) is 0 Å². The number of likely N-dealkylation sites (tertiary alicyclic amines) is 1. The Morgan fingerprint density at radius 1 is 1.25 bits per heavy atom. The van der Waals surface area contributed by atoms with E-state index in [9.17, 15) is 9.59 Å². The highest BCUT2D eigenvalue weighted by Crippen LogP contribution is 2.19. The van der Waals surface area contributed by atoms with Gasteiger partial charge in [-0.3, -0.25) is 14.5 Å². The lowest BCUT2D eigenvalue weighted by atomic mass is 9.91. The fraction of sp³-hybridized carbons (Fsp3) is 0.867. The van der Waals surface area contributed by atoms with Crippen molar-refractivity contribution in [3.8, 4) is 0 Å². The number of nitrogens with one attached hydrogen (secondary N) is 1. The van der Waals surface area contributed by atoms with Gasteiger partial charge in [0.15, 0.2) is 5.78 Å². The molecule has 0 aliphatic carbocycles. The third-order valence-corrected chi connectivity index (χ3v) is 4.16. The summed E-state index contributed by atoms with van der Waals surface area (Å²) in [6.07, 6.45) is 2.09. The molecular weight excluding hydrogens is 254 g/mol. The number of hydrogen-bond donors (Lipinski definition) is 2. The van der Waals surface area contributed by atoms with E-state index in [1.165, 1.54) is 6.92 Å². The minimum Gasteiger partial charge on any atom is -0.345 e. The number of amides is 1. The molecule has 116 valence electrons. The number of nitrogens with zero attached hydrogens (tertiary/aromatic N) is 1. The van der Waals surface area contributed by atoms with Crippen molar-refractivity contribution in [1.29, 1.82) is 0 Å². The van der Waals surface area contributed by atoms with Gasteiger partial charge >= 0.3 is 0 Å². The van der Waals surface area contributed by atoms with E-state index in [1.54, 1.807) is 0 Å². The Labute approximate surface area is 122 Å². The topological polar surface area (TPSA) is 75.4 Å². The first-order valence-electron chi connectivity index (χ1n) is 7.59. The number of carbonyl (C=O) groups is 2. The van der Waals surface area contributed by atoms with E-state index in [2.05, 4.69) is 10.2 Å². The number of carbonyl (C=O) groups excluding carboxylic acids is 2. The Kier molecular flexibility index (Phi) is 6.62. The third kappa shape index (κ3) is 5.21. The summed E-state index contributed by atoms with van der Waals surface area (Å²) in [6.45, 7) is 9.66. The molecule has 2 atom stereocenters. The van der Waals surface area contributed by atoms with Crippen LogP contribution >= 0.6 is 0 Å². The van der Waals surface area contributed by atoms with Crippen LogP contribution in [0.5, 0.6) is 0 Å². The predicted molar refractivity (Wildman–Crippen MR) is 80.3 cm³/mol. The lowest BCUT2D eigenvalue weighted by Crippen LogP contribution is -2.49. The molecule has 0 spiro atoms. The van der Waals surface area contributed by atoms with Crippen LogP contribution in [0.25, 0.3) is 0 Å². The highest BCUT2D eigenvalue weighted by atomic mass is 16.2. The number of hydrogen-bond acceptors (Lipinski definition) is 4. The van der Waals surface area contributed by atoms with Crippen molar-refractivity contribution < 1.29 is 9.59 Å². The van der Waals surface area contributed by atoms with Gasteiger partial charge in [-0.05, 0) is 51.6 Å². The maximum absolute atomic E-state index is 12.0. The van der Waals surface area contributed by atoms with Crippen LogP contribution in [0.4, 0.5) is 0 Å². The van der Waals surface area contributed by atoms with E-state index in [1.807, 2.05) is 20.8 Å². The van der Waals surface area contributed by atoms with Gasteiger partial charge in [-0.25, -0.2) is 0 Å². The van der Waals surface area contributed by atoms with E-state index in [0.717, 1.165) is 25.9 Å². The van der Waals surface area contributed by atoms with E-state index >= 15 is 0 Å². The van der Waals surface area contributed by atoms with Crippen LogP contribution in [-0.4, -0.2) is 48.3 Å². The number of nitrogens with two attached hydrogens (primary N) is 1. The standard InChI is InChI=1S/C15H29N3O2/c1-10(2)15(12(4)19)17-14(20)9-18-7-5-13(6-8-18)11(3)16/h10-11,13,15H,5-9,16H2,1-4H3,(H,17,20). The molecular formula is C15H29N3O2. The van der Waals surface area contributed by atoms with Crippen LogP contribution in [-0.2, 0) is 9.59 Å². The minimum absolute atomic E-state index is 0.0176. The van der Waals surface area contributed by atoms with Crippen molar-refractivity contribution in [3.05, 3.63) is 0 Å². The summed E-state index contributed by atoms with van der Waals surface area (Å²) in [5, 5.41) is 2.84. The molecule has 1 saturated heterocycles. The molecule has 0 aromatic carbocycles. The second kappa shape index (κ2) is 7.74. The normalized spacial score (nSPS) is 20.7. The molecule has 1 amide bonds. The highest BCUT2D eigenvalue weighted by molar-refractivity contribution is 5.88. The van der Waals surface area contributed by atoms with Gasteiger partial charge in [0.25, 0.3) is 0 Å². The molecule has 5 heteroatoms. The monoisotopic (exact) mass is 283 g/mol. The molecule has 1 rings (SSSR count). The van der Waals surface area contributed by atoms with Crippen LogP contribution < -0.4 is 11.1 Å². The smallest absolute Gasteiger partial charge is 0.234 e. The Morgan fingerprint density at radius 2 is 1.80 bits per heavy atom. The third-order valence-electron chi connectivity index (χ3n) is 4.16. The Balaban J connectivity index is 2.38. The van der Waals surface area contributed by atoms with Crippen molar-refractivity contribution in [2.24, 2.45) is 17.6 Å². The van der Waals surface area contributed by atoms with Gasteiger partial charge in [-0.2, -0.15) is 0 Å². The Bertz CT molecular complexity index is 334. The van der Waals surface area contributed by atoms with Gasteiger partial charge in [0.1, 0.15) is 0 Å². The zero-order chi connectivity index (χ0) is 15.3. The highest BCUT2D eigenvalue weighted by Gasteiger charge is 2.25. The zero-order valence-electron chi connectivity index (χ0n) is 13.2. The fourth-order valence-electron chi connectivity index (χ4n) is 2.80. The van der Waals surface area contributed by atoms with Crippen LogP contribution in [0.2, 0.25) is 0 Å². The number of piperidine rings is 1. The first-order valence-corrected chi connectivity index (χ1v) is 7.59. The molecule has 0 aromatic rings. The molecule has 1 heterocycles. The second-order valence-electron chi connectivity index (χ2n) is 6.37. The summed E-state index contributed by atoms with van der Waals surface area (Å²) >= 11 is 0. The molecule has 1 aliphatic heterocycles. The predicted octanol–water partition coefficient (Wildman–Crippen LogP) is 0.775. The van der Waals surface area contributed by atoms with Crippen molar-refractivity contribution in [2.45, 2.75) is 52.6 Å². The van der Waals surface area contributed by atoms with Crippen molar-refractivity contribution in [3.63, 3.8) is 0 Å². The molecule has 3 N–H and O–H groups in total. The van der Waals surface area contributed by atoms with Gasteiger partial charge < -0.3 is 11.1 Å². The Hall–Kier alpha value is -0.940. The molecule has 0 bridgehead atoms. The average molecular weight is 283 g/mol. The number of rotatable bonds is 6.